The molecule has 16 heavy (non-hydrogen) atoms. The Balaban J connectivity index is 3.52. The number of thiocarbonyl (C=S) groups is 1. The molecule has 0 unspecified atom stereocenters. The zero-order chi connectivity index (χ0) is 12.8. The lowest BCUT2D eigenvalue weighted by molar-refractivity contribution is 0.102. The second-order valence-corrected chi connectivity index (χ2v) is 6.71. The number of hydrogen-bond acceptors (Lipinski definition) is 2. The summed E-state index contributed by atoms with van der Waals surface area (Å²) in [6, 6.07) is 0. The number of rotatable bonds is 7. The van der Waals surface area contributed by atoms with Crippen LogP contribution in [-0.4, -0.2) is 18.2 Å². The minimum atomic E-state index is -0.0390. The third kappa shape index (κ3) is 8.05. The molecule has 0 aromatic heterocycles. The zero-order valence-electron chi connectivity index (χ0n) is 11.4. The molecule has 0 aromatic rings. The van der Waals surface area contributed by atoms with Crippen LogP contribution in [0.15, 0.2) is 0 Å². The Morgan fingerprint density at radius 1 is 1.06 bits per heavy atom. The van der Waals surface area contributed by atoms with Gasteiger partial charge in [0, 0.05) is 18.6 Å². The van der Waals surface area contributed by atoms with Gasteiger partial charge in [-0.25, -0.2) is 0 Å². The molecule has 2 N–H and O–H groups in total. The second kappa shape index (κ2) is 6.55. The van der Waals surface area contributed by atoms with Crippen molar-refractivity contribution in [1.29, 1.82) is 0 Å². The van der Waals surface area contributed by atoms with E-state index in [0.29, 0.717) is 10.4 Å². The van der Waals surface area contributed by atoms with E-state index in [2.05, 4.69) is 34.6 Å². The third-order valence-corrected chi connectivity index (χ3v) is 3.31. The van der Waals surface area contributed by atoms with Gasteiger partial charge in [-0.1, -0.05) is 46.8 Å². The average Bonchev–Trinajstić information content (AvgIpc) is 2.09. The summed E-state index contributed by atoms with van der Waals surface area (Å²) in [6.45, 7) is 12.5. The molecule has 0 aliphatic carbocycles. The molecule has 0 spiro atoms. The highest BCUT2D eigenvalue weighted by Crippen LogP contribution is 2.22. The van der Waals surface area contributed by atoms with Gasteiger partial charge in [-0.3, -0.25) is 0 Å². The van der Waals surface area contributed by atoms with Gasteiger partial charge < -0.3 is 10.5 Å². The molecule has 0 saturated carbocycles. The quantitative estimate of drug-likeness (QED) is 0.550. The lowest BCUT2D eigenvalue weighted by atomic mass is 9.88. The minimum absolute atomic E-state index is 0.0390. The normalized spacial score (nSPS) is 12.8. The van der Waals surface area contributed by atoms with Crippen LogP contribution in [0, 0.1) is 10.8 Å². The lowest BCUT2D eigenvalue weighted by Crippen LogP contribution is -2.29. The van der Waals surface area contributed by atoms with Crippen LogP contribution >= 0.6 is 12.2 Å². The van der Waals surface area contributed by atoms with Crippen LogP contribution in [0.3, 0.4) is 0 Å². The van der Waals surface area contributed by atoms with E-state index in [4.69, 9.17) is 22.7 Å². The van der Waals surface area contributed by atoms with Crippen LogP contribution in [0.5, 0.6) is 0 Å². The first-order valence-corrected chi connectivity index (χ1v) is 6.44. The van der Waals surface area contributed by atoms with Crippen LogP contribution in [0.2, 0.25) is 0 Å². The van der Waals surface area contributed by atoms with E-state index < -0.39 is 0 Å². The van der Waals surface area contributed by atoms with E-state index in [1.54, 1.807) is 0 Å². The fraction of sp³-hybridized carbons (Fsp3) is 0.923. The van der Waals surface area contributed by atoms with Gasteiger partial charge >= 0.3 is 0 Å². The molecule has 0 amide bonds. The summed E-state index contributed by atoms with van der Waals surface area (Å²) in [5, 5.41) is 0. The summed E-state index contributed by atoms with van der Waals surface area (Å²) in [6.07, 6.45) is 3.12. The van der Waals surface area contributed by atoms with Gasteiger partial charge in [0.2, 0.25) is 0 Å². The van der Waals surface area contributed by atoms with Crippen molar-refractivity contribution in [1.82, 2.24) is 0 Å². The highest BCUT2D eigenvalue weighted by atomic mass is 32.1. The first-order chi connectivity index (χ1) is 7.15. The van der Waals surface area contributed by atoms with Crippen molar-refractivity contribution in [2.75, 3.05) is 13.2 Å². The second-order valence-electron chi connectivity index (χ2n) is 6.27. The molecular weight excluding hydrogens is 218 g/mol. The Hall–Kier alpha value is -0.150. The lowest BCUT2D eigenvalue weighted by Gasteiger charge is -2.23. The van der Waals surface area contributed by atoms with Gasteiger partial charge in [0.05, 0.1) is 4.99 Å². The largest absolute Gasteiger partial charge is 0.393 e. The third-order valence-electron chi connectivity index (χ3n) is 2.75. The Bertz CT molecular complexity index is 218. The van der Waals surface area contributed by atoms with E-state index in [1.807, 2.05) is 0 Å². The molecule has 3 heteroatoms. The van der Waals surface area contributed by atoms with Crippen LogP contribution in [0.4, 0.5) is 0 Å². The van der Waals surface area contributed by atoms with Crippen molar-refractivity contribution in [2.45, 2.75) is 53.9 Å². The standard InChI is InChI=1S/C13H27NOS/c1-12(2,3)8-10-15-9-6-7-13(4,5)11(14)16/h6-10H2,1-5H3,(H2,14,16). The molecular formula is C13H27NOS. The number of hydrogen-bond donors (Lipinski definition) is 1. The van der Waals surface area contributed by atoms with E-state index in [1.165, 1.54) is 0 Å². The van der Waals surface area contributed by atoms with Crippen molar-refractivity contribution in [3.05, 3.63) is 0 Å². The summed E-state index contributed by atoms with van der Waals surface area (Å²) in [4.78, 5) is 0.599. The predicted molar refractivity (Wildman–Crippen MR) is 74.7 cm³/mol. The van der Waals surface area contributed by atoms with E-state index in [0.717, 1.165) is 32.5 Å². The molecule has 0 aliphatic heterocycles. The zero-order valence-corrected chi connectivity index (χ0v) is 12.2. The maximum Gasteiger partial charge on any atom is 0.0784 e. The smallest absolute Gasteiger partial charge is 0.0784 e. The molecule has 0 rings (SSSR count). The maximum absolute atomic E-state index is 5.66. The van der Waals surface area contributed by atoms with Crippen molar-refractivity contribution in [3.63, 3.8) is 0 Å². The molecule has 0 aliphatic rings. The first-order valence-electron chi connectivity index (χ1n) is 6.03. The Morgan fingerprint density at radius 3 is 2.06 bits per heavy atom. The highest BCUT2D eigenvalue weighted by molar-refractivity contribution is 7.80. The monoisotopic (exact) mass is 245 g/mol. The highest BCUT2D eigenvalue weighted by Gasteiger charge is 2.20. The summed E-state index contributed by atoms with van der Waals surface area (Å²) < 4.78 is 5.60. The summed E-state index contributed by atoms with van der Waals surface area (Å²) in [5.74, 6) is 0. The fourth-order valence-corrected chi connectivity index (χ4v) is 1.32. The fourth-order valence-electron chi connectivity index (χ4n) is 1.22. The molecule has 0 saturated heterocycles. The van der Waals surface area contributed by atoms with Gasteiger partial charge in [0.15, 0.2) is 0 Å². The molecule has 0 bridgehead atoms. The van der Waals surface area contributed by atoms with Gasteiger partial charge in [-0.15, -0.1) is 0 Å². The van der Waals surface area contributed by atoms with E-state index >= 15 is 0 Å². The van der Waals surface area contributed by atoms with Gasteiger partial charge in [0.1, 0.15) is 0 Å². The van der Waals surface area contributed by atoms with Crippen molar-refractivity contribution >= 4 is 17.2 Å². The van der Waals surface area contributed by atoms with Gasteiger partial charge in [-0.2, -0.15) is 0 Å². The minimum Gasteiger partial charge on any atom is -0.393 e. The molecule has 0 atom stereocenters. The Labute approximate surface area is 106 Å². The molecule has 0 aromatic carbocycles. The number of ether oxygens (including phenoxy) is 1. The number of nitrogens with two attached hydrogens (primary N) is 1. The summed E-state index contributed by atoms with van der Waals surface area (Å²) in [7, 11) is 0. The van der Waals surface area contributed by atoms with Crippen molar-refractivity contribution in [3.8, 4) is 0 Å². The van der Waals surface area contributed by atoms with Crippen LogP contribution in [0.1, 0.15) is 53.9 Å². The van der Waals surface area contributed by atoms with Gasteiger partial charge in [0.25, 0.3) is 0 Å². The van der Waals surface area contributed by atoms with Crippen molar-refractivity contribution < 1.29 is 4.74 Å². The maximum atomic E-state index is 5.66. The van der Waals surface area contributed by atoms with Gasteiger partial charge in [-0.05, 0) is 24.7 Å². The van der Waals surface area contributed by atoms with Crippen LogP contribution in [-0.2, 0) is 4.74 Å². The summed E-state index contributed by atoms with van der Waals surface area (Å²) in [5.41, 5.74) is 5.98. The Morgan fingerprint density at radius 2 is 1.62 bits per heavy atom. The molecule has 0 fully saturated rings. The van der Waals surface area contributed by atoms with Crippen LogP contribution < -0.4 is 5.73 Å². The average molecular weight is 245 g/mol. The van der Waals surface area contributed by atoms with E-state index in [-0.39, 0.29) is 5.41 Å². The van der Waals surface area contributed by atoms with Crippen LogP contribution in [0.25, 0.3) is 0 Å². The molecule has 0 radical (unpaired) electrons. The van der Waals surface area contributed by atoms with E-state index in [9.17, 15) is 0 Å². The van der Waals surface area contributed by atoms with Crippen molar-refractivity contribution in [2.24, 2.45) is 16.6 Å². The summed E-state index contributed by atoms with van der Waals surface area (Å²) >= 11 is 5.02. The predicted octanol–water partition coefficient (Wildman–Crippen LogP) is 3.53. The Kier molecular flexibility index (Phi) is 6.49. The molecule has 96 valence electrons. The first kappa shape index (κ1) is 15.9. The molecule has 0 heterocycles. The topological polar surface area (TPSA) is 35.2 Å². The molecule has 2 nitrogen and oxygen atoms in total. The SMILES string of the molecule is CC(C)(C)CCOCCCC(C)(C)C(N)=S.